The Morgan fingerprint density at radius 1 is 0.486 bits per heavy atom. The lowest BCUT2D eigenvalue weighted by Gasteiger charge is -2.31. The van der Waals surface area contributed by atoms with Crippen LogP contribution in [0.2, 0.25) is 0 Å². The lowest BCUT2D eigenvalue weighted by Crippen LogP contribution is -2.25. The third-order valence-electron chi connectivity index (χ3n) is 6.29. The Hall–Kier alpha value is -4.00. The highest BCUT2D eigenvalue weighted by atomic mass is 14.3. The number of rotatable bonds is 4. The van der Waals surface area contributed by atoms with Gasteiger partial charge in [-0.05, 0) is 83.8 Å². The highest BCUT2D eigenvalue weighted by molar-refractivity contribution is 5.45. The van der Waals surface area contributed by atoms with E-state index in [-0.39, 0.29) is 5.41 Å². The Morgan fingerprint density at radius 2 is 0.857 bits per heavy atom. The fourth-order valence-corrected chi connectivity index (χ4v) is 4.14. The van der Waals surface area contributed by atoms with Crippen molar-refractivity contribution < 1.29 is 0 Å². The molecule has 0 fully saturated rings. The van der Waals surface area contributed by atoms with Gasteiger partial charge in [-0.25, -0.2) is 0 Å². The van der Waals surface area contributed by atoms with E-state index in [0.29, 0.717) is 5.92 Å². The molecule has 0 saturated heterocycles. The second-order valence-corrected chi connectivity index (χ2v) is 10.1. The topological polar surface area (TPSA) is 0 Å². The zero-order valence-electron chi connectivity index (χ0n) is 20.9. The molecule has 0 heterocycles. The summed E-state index contributed by atoms with van der Waals surface area (Å²) in [4.78, 5) is 0. The van der Waals surface area contributed by atoms with E-state index >= 15 is 0 Å². The molecular formula is C35H32. The van der Waals surface area contributed by atoms with Crippen LogP contribution in [0.25, 0.3) is 0 Å². The third-order valence-corrected chi connectivity index (χ3v) is 6.29. The molecule has 0 aliphatic carbocycles. The predicted molar refractivity (Wildman–Crippen MR) is 148 cm³/mol. The van der Waals surface area contributed by atoms with Crippen molar-refractivity contribution in [1.29, 1.82) is 0 Å². The molecule has 4 aromatic carbocycles. The first kappa shape index (κ1) is 24.1. The average molecular weight is 453 g/mol. The average Bonchev–Trinajstić information content (AvgIpc) is 2.87. The van der Waals surface area contributed by atoms with E-state index in [1.54, 1.807) is 0 Å². The van der Waals surface area contributed by atoms with Crippen LogP contribution >= 0.6 is 0 Å². The summed E-state index contributed by atoms with van der Waals surface area (Å²) in [5, 5.41) is 0. The van der Waals surface area contributed by atoms with Crippen LogP contribution in [0.4, 0.5) is 0 Å². The fourth-order valence-electron chi connectivity index (χ4n) is 4.14. The van der Waals surface area contributed by atoms with Crippen LogP contribution in [-0.2, 0) is 12.8 Å². The minimum Gasteiger partial charge on any atom is -0.0622 e. The van der Waals surface area contributed by atoms with Crippen LogP contribution in [-0.4, -0.2) is 0 Å². The molecule has 4 rings (SSSR count). The lowest BCUT2D eigenvalue weighted by atomic mass is 9.74. The molecular weight excluding hydrogens is 420 g/mol. The van der Waals surface area contributed by atoms with E-state index in [4.69, 9.17) is 0 Å². The van der Waals surface area contributed by atoms with Crippen molar-refractivity contribution in [3.8, 4) is 23.7 Å². The van der Waals surface area contributed by atoms with Gasteiger partial charge in [-0.15, -0.1) is 0 Å². The minimum atomic E-state index is 0.178. The Kier molecular flexibility index (Phi) is 7.88. The van der Waals surface area contributed by atoms with Crippen molar-refractivity contribution in [2.45, 2.75) is 33.6 Å². The first-order valence-electron chi connectivity index (χ1n) is 12.3. The second kappa shape index (κ2) is 11.4. The molecule has 0 heteroatoms. The summed E-state index contributed by atoms with van der Waals surface area (Å²) in [6, 6.07) is 37.7. The van der Waals surface area contributed by atoms with Gasteiger partial charge in [0, 0.05) is 22.3 Å². The molecule has 0 bridgehead atoms. The number of benzene rings is 4. The molecule has 172 valence electrons. The van der Waals surface area contributed by atoms with Crippen LogP contribution < -0.4 is 0 Å². The summed E-state index contributed by atoms with van der Waals surface area (Å²) in [5.41, 5.74) is 7.07. The van der Waals surface area contributed by atoms with Gasteiger partial charge in [0.1, 0.15) is 0 Å². The van der Waals surface area contributed by atoms with Crippen LogP contribution in [0.1, 0.15) is 54.2 Å². The molecule has 0 unspecified atom stereocenters. The maximum Gasteiger partial charge on any atom is 0.0251 e. The second-order valence-electron chi connectivity index (χ2n) is 10.1. The zero-order chi connectivity index (χ0) is 24.5. The summed E-state index contributed by atoms with van der Waals surface area (Å²) >= 11 is 0. The van der Waals surface area contributed by atoms with Crippen molar-refractivity contribution in [1.82, 2.24) is 0 Å². The number of hydrogen-bond acceptors (Lipinski definition) is 0. The largest absolute Gasteiger partial charge is 0.0622 e. The van der Waals surface area contributed by atoms with Gasteiger partial charge < -0.3 is 0 Å². The van der Waals surface area contributed by atoms with Crippen LogP contribution in [0.3, 0.4) is 0 Å². The molecule has 0 saturated carbocycles. The Morgan fingerprint density at radius 3 is 1.26 bits per heavy atom. The van der Waals surface area contributed by atoms with E-state index in [1.165, 1.54) is 11.1 Å². The SMILES string of the molecule is CC(C)(C)C(Cc1cccc(C#Cc2ccccc2)c1)Cc1cccc(C#Cc2ccccc2)c1. The first-order valence-corrected chi connectivity index (χ1v) is 12.3. The maximum absolute atomic E-state index is 3.33. The van der Waals surface area contributed by atoms with E-state index in [2.05, 4.69) is 93.0 Å². The van der Waals surface area contributed by atoms with E-state index in [0.717, 1.165) is 35.1 Å². The van der Waals surface area contributed by atoms with Gasteiger partial charge in [-0.3, -0.25) is 0 Å². The Balaban J connectivity index is 1.50. The smallest absolute Gasteiger partial charge is 0.0251 e. The first-order chi connectivity index (χ1) is 17.0. The summed E-state index contributed by atoms with van der Waals surface area (Å²) in [6.45, 7) is 7.03. The van der Waals surface area contributed by atoms with Gasteiger partial charge in [0.2, 0.25) is 0 Å². The van der Waals surface area contributed by atoms with Gasteiger partial charge >= 0.3 is 0 Å². The van der Waals surface area contributed by atoms with Gasteiger partial charge in [-0.1, -0.05) is 105 Å². The van der Waals surface area contributed by atoms with E-state index in [1.807, 2.05) is 60.7 Å². The highest BCUT2D eigenvalue weighted by Crippen LogP contribution is 2.32. The molecule has 0 atom stereocenters. The van der Waals surface area contributed by atoms with Crippen molar-refractivity contribution in [3.05, 3.63) is 143 Å². The van der Waals surface area contributed by atoms with Gasteiger partial charge in [0.05, 0.1) is 0 Å². The van der Waals surface area contributed by atoms with Crippen molar-refractivity contribution >= 4 is 0 Å². The molecule has 35 heavy (non-hydrogen) atoms. The molecule has 4 aromatic rings. The monoisotopic (exact) mass is 452 g/mol. The van der Waals surface area contributed by atoms with Gasteiger partial charge in [-0.2, -0.15) is 0 Å². The predicted octanol–water partition coefficient (Wildman–Crippen LogP) is 7.93. The minimum absolute atomic E-state index is 0.178. The van der Waals surface area contributed by atoms with Gasteiger partial charge in [0.25, 0.3) is 0 Å². The molecule has 0 N–H and O–H groups in total. The van der Waals surface area contributed by atoms with E-state index in [9.17, 15) is 0 Å². The van der Waals surface area contributed by atoms with Crippen molar-refractivity contribution in [3.63, 3.8) is 0 Å². The summed E-state index contributed by atoms with van der Waals surface area (Å²) in [7, 11) is 0. The molecule has 0 radical (unpaired) electrons. The summed E-state index contributed by atoms with van der Waals surface area (Å²) < 4.78 is 0. The molecule has 0 aromatic heterocycles. The fraction of sp³-hybridized carbons (Fsp3) is 0.200. The van der Waals surface area contributed by atoms with Crippen LogP contribution in [0.5, 0.6) is 0 Å². The quantitative estimate of drug-likeness (QED) is 0.276. The molecule has 0 spiro atoms. The van der Waals surface area contributed by atoms with Crippen LogP contribution in [0.15, 0.2) is 109 Å². The van der Waals surface area contributed by atoms with Crippen molar-refractivity contribution in [2.75, 3.05) is 0 Å². The molecule has 0 nitrogen and oxygen atoms in total. The molecule has 0 amide bonds. The normalized spacial score (nSPS) is 10.7. The Bertz CT molecular complexity index is 1260. The van der Waals surface area contributed by atoms with Crippen molar-refractivity contribution in [2.24, 2.45) is 11.3 Å². The van der Waals surface area contributed by atoms with E-state index < -0.39 is 0 Å². The third kappa shape index (κ3) is 7.50. The lowest BCUT2D eigenvalue weighted by molar-refractivity contribution is 0.237. The summed E-state index contributed by atoms with van der Waals surface area (Å²) in [5.74, 6) is 13.7. The highest BCUT2D eigenvalue weighted by Gasteiger charge is 2.25. The van der Waals surface area contributed by atoms with Gasteiger partial charge in [0.15, 0.2) is 0 Å². The summed E-state index contributed by atoms with van der Waals surface area (Å²) in [6.07, 6.45) is 2.04. The zero-order valence-corrected chi connectivity index (χ0v) is 20.9. The molecule has 0 aliphatic heterocycles. The maximum atomic E-state index is 3.33. The standard InChI is InChI=1S/C35H32/c1-35(2,3)34(26-32-18-10-16-30(24-32)22-20-28-12-6-4-7-13-28)27-33-19-11-17-31(25-33)23-21-29-14-8-5-9-15-29/h4-19,24-25,34H,26-27H2,1-3H3. The van der Waals surface area contributed by atoms with Crippen LogP contribution in [0, 0.1) is 35.0 Å². The Labute approximate surface area is 211 Å². The molecule has 0 aliphatic rings. The number of hydrogen-bond donors (Lipinski definition) is 0.